The number of rotatable bonds is 3. The highest BCUT2D eigenvalue weighted by Gasteiger charge is 2.40. The van der Waals surface area contributed by atoms with Crippen LogP contribution in [0.25, 0.3) is 0 Å². The molecular formula is C18H23F4N3O2. The number of benzene rings is 1. The standard InChI is InChI=1S/C18H23F4N3O2/c1-4-14(23)16(27)24-7-8-25(17(2,3)10-24)15(26)11-5-6-12(13(19)9-11)18(20,21)22/h5-6,9,14H,4,7-8,10,23H2,1-3H3/t14-/m0/s1. The van der Waals surface area contributed by atoms with Gasteiger partial charge in [0.05, 0.1) is 17.1 Å². The number of hydrogen-bond acceptors (Lipinski definition) is 3. The fourth-order valence-corrected chi connectivity index (χ4v) is 3.16. The molecule has 150 valence electrons. The van der Waals surface area contributed by atoms with Gasteiger partial charge in [0.15, 0.2) is 0 Å². The van der Waals surface area contributed by atoms with Gasteiger partial charge in [-0.2, -0.15) is 13.2 Å². The molecule has 2 rings (SSSR count). The maximum Gasteiger partial charge on any atom is 0.419 e. The third-order valence-electron chi connectivity index (χ3n) is 4.74. The molecule has 1 atom stereocenters. The van der Waals surface area contributed by atoms with Crippen LogP contribution in [0.15, 0.2) is 18.2 Å². The van der Waals surface area contributed by atoms with Crippen molar-refractivity contribution >= 4 is 11.8 Å². The monoisotopic (exact) mass is 389 g/mol. The molecule has 0 aromatic heterocycles. The Bertz CT molecular complexity index is 734. The van der Waals surface area contributed by atoms with Gasteiger partial charge in [-0.15, -0.1) is 0 Å². The fourth-order valence-electron chi connectivity index (χ4n) is 3.16. The molecule has 0 bridgehead atoms. The van der Waals surface area contributed by atoms with Crippen molar-refractivity contribution in [3.05, 3.63) is 35.1 Å². The van der Waals surface area contributed by atoms with Gasteiger partial charge in [0.2, 0.25) is 5.91 Å². The highest BCUT2D eigenvalue weighted by molar-refractivity contribution is 5.95. The van der Waals surface area contributed by atoms with Crippen LogP contribution in [-0.4, -0.2) is 52.8 Å². The summed E-state index contributed by atoms with van der Waals surface area (Å²) in [6.07, 6.45) is -4.34. The number of carbonyl (C=O) groups excluding carboxylic acids is 2. The van der Waals surface area contributed by atoms with Crippen LogP contribution >= 0.6 is 0 Å². The maximum absolute atomic E-state index is 13.8. The van der Waals surface area contributed by atoms with Crippen molar-refractivity contribution in [1.82, 2.24) is 9.80 Å². The smallest absolute Gasteiger partial charge is 0.337 e. The minimum absolute atomic E-state index is 0.168. The van der Waals surface area contributed by atoms with Crippen molar-refractivity contribution in [3.63, 3.8) is 0 Å². The second kappa shape index (κ2) is 7.46. The Labute approximate surface area is 155 Å². The molecule has 0 unspecified atom stereocenters. The molecule has 1 aromatic carbocycles. The minimum atomic E-state index is -4.82. The molecule has 1 aliphatic heterocycles. The first-order valence-corrected chi connectivity index (χ1v) is 8.61. The fraction of sp³-hybridized carbons (Fsp3) is 0.556. The Morgan fingerprint density at radius 1 is 1.26 bits per heavy atom. The summed E-state index contributed by atoms with van der Waals surface area (Å²) in [5.74, 6) is -2.29. The van der Waals surface area contributed by atoms with Crippen molar-refractivity contribution < 1.29 is 27.2 Å². The van der Waals surface area contributed by atoms with Crippen LogP contribution in [0, 0.1) is 5.82 Å². The average Bonchev–Trinajstić information content (AvgIpc) is 2.57. The second-order valence-corrected chi connectivity index (χ2v) is 7.24. The van der Waals surface area contributed by atoms with Crippen molar-refractivity contribution in [1.29, 1.82) is 0 Å². The SMILES string of the molecule is CC[C@H](N)C(=O)N1CCN(C(=O)c2ccc(C(F)(F)F)c(F)c2)C(C)(C)C1. The number of alkyl halides is 3. The van der Waals surface area contributed by atoms with Gasteiger partial charge in [0, 0.05) is 25.2 Å². The van der Waals surface area contributed by atoms with Crippen LogP contribution in [0.5, 0.6) is 0 Å². The molecule has 1 saturated heterocycles. The zero-order chi connectivity index (χ0) is 20.6. The highest BCUT2D eigenvalue weighted by atomic mass is 19.4. The van der Waals surface area contributed by atoms with Gasteiger partial charge in [-0.3, -0.25) is 9.59 Å². The van der Waals surface area contributed by atoms with E-state index in [-0.39, 0.29) is 31.1 Å². The molecular weight excluding hydrogens is 366 g/mol. The zero-order valence-corrected chi connectivity index (χ0v) is 15.4. The Balaban J connectivity index is 2.20. The molecule has 1 aromatic rings. The Kier molecular flexibility index (Phi) is 5.84. The largest absolute Gasteiger partial charge is 0.419 e. The number of nitrogens with zero attached hydrogens (tertiary/aromatic N) is 2. The van der Waals surface area contributed by atoms with Crippen LogP contribution in [0.4, 0.5) is 17.6 Å². The topological polar surface area (TPSA) is 66.6 Å². The van der Waals surface area contributed by atoms with E-state index in [4.69, 9.17) is 5.73 Å². The molecule has 5 nitrogen and oxygen atoms in total. The third kappa shape index (κ3) is 4.40. The Hall–Kier alpha value is -2.16. The summed E-state index contributed by atoms with van der Waals surface area (Å²) in [7, 11) is 0. The number of carbonyl (C=O) groups is 2. The van der Waals surface area contributed by atoms with Gasteiger partial charge in [0.25, 0.3) is 5.91 Å². The van der Waals surface area contributed by atoms with Gasteiger partial charge in [-0.1, -0.05) is 6.92 Å². The van der Waals surface area contributed by atoms with E-state index in [9.17, 15) is 27.2 Å². The first-order valence-electron chi connectivity index (χ1n) is 8.61. The number of piperazine rings is 1. The van der Waals surface area contributed by atoms with Gasteiger partial charge in [-0.05, 0) is 38.5 Å². The predicted molar refractivity (Wildman–Crippen MR) is 91.4 cm³/mol. The van der Waals surface area contributed by atoms with E-state index in [0.29, 0.717) is 18.6 Å². The van der Waals surface area contributed by atoms with E-state index in [1.807, 2.05) is 0 Å². The molecule has 0 aliphatic carbocycles. The summed E-state index contributed by atoms with van der Waals surface area (Å²) in [5.41, 5.74) is 3.42. The van der Waals surface area contributed by atoms with E-state index >= 15 is 0 Å². The van der Waals surface area contributed by atoms with E-state index in [1.165, 1.54) is 4.90 Å². The molecule has 2 N–H and O–H groups in total. The highest BCUT2D eigenvalue weighted by Crippen LogP contribution is 2.32. The van der Waals surface area contributed by atoms with Crippen molar-refractivity contribution in [2.24, 2.45) is 5.73 Å². The van der Waals surface area contributed by atoms with E-state index in [0.717, 1.165) is 6.07 Å². The summed E-state index contributed by atoms with van der Waals surface area (Å²) in [5, 5.41) is 0. The van der Waals surface area contributed by atoms with Crippen LogP contribution in [0.1, 0.15) is 43.1 Å². The van der Waals surface area contributed by atoms with Crippen LogP contribution in [0.3, 0.4) is 0 Å². The summed E-state index contributed by atoms with van der Waals surface area (Å²) in [6.45, 7) is 5.94. The van der Waals surface area contributed by atoms with Gasteiger partial charge in [0.1, 0.15) is 5.82 Å². The first kappa shape index (κ1) is 21.1. The minimum Gasteiger partial charge on any atom is -0.337 e. The summed E-state index contributed by atoms with van der Waals surface area (Å²) in [6, 6.07) is 1.52. The summed E-state index contributed by atoms with van der Waals surface area (Å²) in [4.78, 5) is 28.0. The molecule has 2 amide bonds. The van der Waals surface area contributed by atoms with Crippen molar-refractivity contribution in [2.45, 2.75) is 44.9 Å². The lowest BCUT2D eigenvalue weighted by atomic mass is 9.96. The third-order valence-corrected chi connectivity index (χ3v) is 4.74. The van der Waals surface area contributed by atoms with Gasteiger partial charge >= 0.3 is 6.18 Å². The van der Waals surface area contributed by atoms with E-state index in [2.05, 4.69) is 0 Å². The molecule has 9 heteroatoms. The van der Waals surface area contributed by atoms with Crippen molar-refractivity contribution in [3.8, 4) is 0 Å². The molecule has 1 heterocycles. The van der Waals surface area contributed by atoms with Crippen LogP contribution in [-0.2, 0) is 11.0 Å². The lowest BCUT2D eigenvalue weighted by Crippen LogP contribution is -2.63. The first-order chi connectivity index (χ1) is 12.4. The summed E-state index contributed by atoms with van der Waals surface area (Å²) >= 11 is 0. The number of amides is 2. The van der Waals surface area contributed by atoms with Crippen LogP contribution < -0.4 is 5.73 Å². The molecule has 0 saturated carbocycles. The van der Waals surface area contributed by atoms with Gasteiger partial charge < -0.3 is 15.5 Å². The maximum atomic E-state index is 13.8. The van der Waals surface area contributed by atoms with Gasteiger partial charge in [-0.25, -0.2) is 4.39 Å². The second-order valence-electron chi connectivity index (χ2n) is 7.24. The lowest BCUT2D eigenvalue weighted by molar-refractivity contribution is -0.140. The Morgan fingerprint density at radius 2 is 1.89 bits per heavy atom. The molecule has 0 radical (unpaired) electrons. The molecule has 1 aliphatic rings. The average molecular weight is 389 g/mol. The van der Waals surface area contributed by atoms with Crippen LogP contribution in [0.2, 0.25) is 0 Å². The lowest BCUT2D eigenvalue weighted by Gasteiger charge is -2.47. The van der Waals surface area contributed by atoms with E-state index < -0.39 is 35.0 Å². The molecule has 27 heavy (non-hydrogen) atoms. The van der Waals surface area contributed by atoms with E-state index in [1.54, 1.807) is 25.7 Å². The molecule has 1 fully saturated rings. The normalized spacial score (nSPS) is 18.4. The Morgan fingerprint density at radius 3 is 2.37 bits per heavy atom. The molecule has 0 spiro atoms. The van der Waals surface area contributed by atoms with Crippen molar-refractivity contribution in [2.75, 3.05) is 19.6 Å². The quantitative estimate of drug-likeness (QED) is 0.809. The zero-order valence-electron chi connectivity index (χ0n) is 15.4. The number of hydrogen-bond donors (Lipinski definition) is 1. The predicted octanol–water partition coefficient (Wildman–Crippen LogP) is 2.64. The number of halogens is 4. The summed E-state index contributed by atoms with van der Waals surface area (Å²) < 4.78 is 51.9. The number of nitrogens with two attached hydrogens (primary N) is 1.